The van der Waals surface area contributed by atoms with Crippen molar-refractivity contribution in [2.75, 3.05) is 17.6 Å². The summed E-state index contributed by atoms with van der Waals surface area (Å²) in [5.74, 6) is 0.158. The first-order valence-electron chi connectivity index (χ1n) is 7.05. The maximum atomic E-state index is 12.0. The van der Waals surface area contributed by atoms with Crippen molar-refractivity contribution in [3.05, 3.63) is 64.3 Å². The number of benzene rings is 1. The summed E-state index contributed by atoms with van der Waals surface area (Å²) < 4.78 is 24.1. The van der Waals surface area contributed by atoms with Gasteiger partial charge in [-0.2, -0.15) is 0 Å². The Morgan fingerprint density at radius 3 is 2.57 bits per heavy atom. The van der Waals surface area contributed by atoms with Crippen LogP contribution in [0.5, 0.6) is 0 Å². The van der Waals surface area contributed by atoms with Gasteiger partial charge >= 0.3 is 5.69 Å². The minimum atomic E-state index is -3.21. The maximum Gasteiger partial charge on any atom is 0.311 e. The summed E-state index contributed by atoms with van der Waals surface area (Å²) in [6.07, 6.45) is 1.80. The third-order valence-electron chi connectivity index (χ3n) is 3.14. The Kier molecular flexibility index (Phi) is 5.64. The van der Waals surface area contributed by atoms with Crippen LogP contribution < -0.4 is 5.32 Å². The molecule has 8 heteroatoms. The van der Waals surface area contributed by atoms with Gasteiger partial charge in [0.25, 0.3) is 0 Å². The second-order valence-corrected chi connectivity index (χ2v) is 7.17. The van der Waals surface area contributed by atoms with E-state index >= 15 is 0 Å². The minimum Gasteiger partial charge on any atom is -0.364 e. The van der Waals surface area contributed by atoms with Crippen LogP contribution in [0.3, 0.4) is 0 Å². The number of nitrogens with one attached hydrogen (secondary N) is 1. The molecule has 0 saturated heterocycles. The summed E-state index contributed by atoms with van der Waals surface area (Å²) in [6, 6.07) is 11.8. The molecule has 0 saturated carbocycles. The zero-order valence-corrected chi connectivity index (χ0v) is 13.2. The standard InChI is InChI=1S/C15H17N3O4S/c19-18(20)14-8-4-9-16-15(14)17-10-5-11-23(21,22)12-13-6-2-1-3-7-13/h1-4,6-9H,5,10-12H2,(H,16,17). The Hall–Kier alpha value is -2.48. The molecule has 122 valence electrons. The van der Waals surface area contributed by atoms with Crippen LogP contribution in [0.1, 0.15) is 12.0 Å². The number of aromatic nitrogens is 1. The van der Waals surface area contributed by atoms with Gasteiger partial charge < -0.3 is 5.32 Å². The molecule has 1 N–H and O–H groups in total. The molecule has 0 aliphatic carbocycles. The van der Waals surface area contributed by atoms with Crippen molar-refractivity contribution in [3.8, 4) is 0 Å². The van der Waals surface area contributed by atoms with E-state index in [0.717, 1.165) is 5.56 Å². The van der Waals surface area contributed by atoms with Gasteiger partial charge in [-0.25, -0.2) is 13.4 Å². The van der Waals surface area contributed by atoms with Gasteiger partial charge in [0.05, 0.1) is 16.4 Å². The number of nitrogens with zero attached hydrogens (tertiary/aromatic N) is 2. The van der Waals surface area contributed by atoms with Crippen LogP contribution in [-0.2, 0) is 15.6 Å². The van der Waals surface area contributed by atoms with Gasteiger partial charge in [0, 0.05) is 18.8 Å². The summed E-state index contributed by atoms with van der Waals surface area (Å²) >= 11 is 0. The van der Waals surface area contributed by atoms with Crippen LogP contribution in [0.2, 0.25) is 0 Å². The molecule has 23 heavy (non-hydrogen) atoms. The van der Waals surface area contributed by atoms with Gasteiger partial charge in [-0.15, -0.1) is 0 Å². The average Bonchev–Trinajstić information content (AvgIpc) is 2.52. The van der Waals surface area contributed by atoms with E-state index in [9.17, 15) is 18.5 Å². The van der Waals surface area contributed by atoms with E-state index in [2.05, 4.69) is 10.3 Å². The highest BCUT2D eigenvalue weighted by Gasteiger charge is 2.15. The van der Waals surface area contributed by atoms with Crippen molar-refractivity contribution in [2.24, 2.45) is 0 Å². The molecule has 0 spiro atoms. The predicted molar refractivity (Wildman–Crippen MR) is 87.9 cm³/mol. The summed E-state index contributed by atoms with van der Waals surface area (Å²) in [5, 5.41) is 13.7. The highest BCUT2D eigenvalue weighted by molar-refractivity contribution is 7.90. The summed E-state index contributed by atoms with van der Waals surface area (Å²) in [6.45, 7) is 0.297. The zero-order chi connectivity index (χ0) is 16.7. The Balaban J connectivity index is 1.84. The van der Waals surface area contributed by atoms with Crippen LogP contribution >= 0.6 is 0 Å². The van der Waals surface area contributed by atoms with Crippen LogP contribution in [0, 0.1) is 10.1 Å². The van der Waals surface area contributed by atoms with Crippen LogP contribution in [0.15, 0.2) is 48.7 Å². The fourth-order valence-electron chi connectivity index (χ4n) is 2.08. The lowest BCUT2D eigenvalue weighted by Crippen LogP contribution is -2.14. The molecular formula is C15H17N3O4S. The van der Waals surface area contributed by atoms with Gasteiger partial charge in [-0.05, 0) is 18.1 Å². The maximum absolute atomic E-state index is 12.0. The van der Waals surface area contributed by atoms with E-state index in [1.807, 2.05) is 6.07 Å². The monoisotopic (exact) mass is 335 g/mol. The van der Waals surface area contributed by atoms with Crippen LogP contribution in [0.4, 0.5) is 11.5 Å². The second-order valence-electron chi connectivity index (χ2n) is 4.99. The normalized spacial score (nSPS) is 11.1. The highest BCUT2D eigenvalue weighted by Crippen LogP contribution is 2.20. The minimum absolute atomic E-state index is 0.00241. The molecular weight excluding hydrogens is 318 g/mol. The van der Waals surface area contributed by atoms with Crippen molar-refractivity contribution in [1.29, 1.82) is 0 Å². The largest absolute Gasteiger partial charge is 0.364 e. The van der Waals surface area contributed by atoms with Crippen molar-refractivity contribution >= 4 is 21.3 Å². The van der Waals surface area contributed by atoms with Crippen molar-refractivity contribution in [1.82, 2.24) is 4.98 Å². The van der Waals surface area contributed by atoms with Gasteiger partial charge in [-0.1, -0.05) is 30.3 Å². The SMILES string of the molecule is O=[N+]([O-])c1cccnc1NCCCS(=O)(=O)Cc1ccccc1. The Bertz CT molecular complexity index is 763. The first-order chi connectivity index (χ1) is 11.0. The average molecular weight is 335 g/mol. The third kappa shape index (κ3) is 5.33. The summed E-state index contributed by atoms with van der Waals surface area (Å²) in [5.41, 5.74) is 0.625. The molecule has 0 unspecified atom stereocenters. The van der Waals surface area contributed by atoms with Gasteiger partial charge in [-0.3, -0.25) is 10.1 Å². The number of anilines is 1. The molecule has 0 radical (unpaired) electrons. The Morgan fingerprint density at radius 2 is 1.87 bits per heavy atom. The number of rotatable bonds is 8. The van der Waals surface area contributed by atoms with Crippen molar-refractivity contribution in [3.63, 3.8) is 0 Å². The van der Waals surface area contributed by atoms with Crippen LogP contribution in [0.25, 0.3) is 0 Å². The van der Waals surface area contributed by atoms with E-state index in [0.29, 0.717) is 13.0 Å². The number of nitro groups is 1. The summed E-state index contributed by atoms with van der Waals surface area (Å²) in [4.78, 5) is 14.2. The number of hydrogen-bond acceptors (Lipinski definition) is 6. The molecule has 0 bridgehead atoms. The molecule has 1 heterocycles. The number of hydrogen-bond donors (Lipinski definition) is 1. The Labute approximate surface area is 134 Å². The topological polar surface area (TPSA) is 102 Å². The van der Waals surface area contributed by atoms with E-state index in [-0.39, 0.29) is 23.0 Å². The van der Waals surface area contributed by atoms with E-state index in [1.54, 1.807) is 24.3 Å². The molecule has 0 atom stereocenters. The fraction of sp³-hybridized carbons (Fsp3) is 0.267. The van der Waals surface area contributed by atoms with Crippen LogP contribution in [-0.4, -0.2) is 30.6 Å². The molecule has 2 aromatic rings. The third-order valence-corrected chi connectivity index (χ3v) is 4.82. The molecule has 0 fully saturated rings. The highest BCUT2D eigenvalue weighted by atomic mass is 32.2. The first kappa shape index (κ1) is 16.9. The number of pyridine rings is 1. The smallest absolute Gasteiger partial charge is 0.311 e. The molecule has 7 nitrogen and oxygen atoms in total. The second kappa shape index (κ2) is 7.68. The molecule has 0 aliphatic heterocycles. The fourth-order valence-corrected chi connectivity index (χ4v) is 3.51. The van der Waals surface area contributed by atoms with Crippen molar-refractivity contribution in [2.45, 2.75) is 12.2 Å². The number of sulfone groups is 1. The summed E-state index contributed by atoms with van der Waals surface area (Å²) in [7, 11) is -3.21. The van der Waals surface area contributed by atoms with E-state index < -0.39 is 14.8 Å². The molecule has 1 aromatic heterocycles. The Morgan fingerprint density at radius 1 is 1.13 bits per heavy atom. The van der Waals surface area contributed by atoms with Gasteiger partial charge in [0.2, 0.25) is 5.82 Å². The molecule has 0 amide bonds. The molecule has 2 rings (SSSR count). The lowest BCUT2D eigenvalue weighted by molar-refractivity contribution is -0.384. The molecule has 1 aromatic carbocycles. The first-order valence-corrected chi connectivity index (χ1v) is 8.88. The van der Waals surface area contributed by atoms with Gasteiger partial charge in [0.15, 0.2) is 9.84 Å². The zero-order valence-electron chi connectivity index (χ0n) is 12.4. The van der Waals surface area contributed by atoms with E-state index in [4.69, 9.17) is 0 Å². The van der Waals surface area contributed by atoms with Gasteiger partial charge in [0.1, 0.15) is 0 Å². The van der Waals surface area contributed by atoms with E-state index in [1.165, 1.54) is 18.3 Å². The lowest BCUT2D eigenvalue weighted by Gasteiger charge is -2.07. The molecule has 0 aliphatic rings. The predicted octanol–water partition coefficient (Wildman–Crippen LogP) is 2.41. The lowest BCUT2D eigenvalue weighted by atomic mass is 10.2. The quantitative estimate of drug-likeness (QED) is 0.451. The van der Waals surface area contributed by atoms with Crippen molar-refractivity contribution < 1.29 is 13.3 Å².